The average molecular weight is 613 g/mol. The lowest BCUT2D eigenvalue weighted by Crippen LogP contribution is -2.10. The van der Waals surface area contributed by atoms with Gasteiger partial charge in [0.05, 0.1) is 13.2 Å². The van der Waals surface area contributed by atoms with Crippen molar-refractivity contribution >= 4 is 34.2 Å². The molecule has 1 amide bonds. The van der Waals surface area contributed by atoms with Crippen LogP contribution in [0.1, 0.15) is 35.7 Å². The molecule has 4 rings (SSSR count). The van der Waals surface area contributed by atoms with Gasteiger partial charge in [-0.05, 0) is 115 Å². The van der Waals surface area contributed by atoms with Crippen LogP contribution >= 0.6 is 22.6 Å². The Morgan fingerprint density at radius 2 is 1.41 bits per heavy atom. The molecular formula is C29H28INO6. The topological polar surface area (TPSA) is 79.2 Å². The van der Waals surface area contributed by atoms with Gasteiger partial charge in [-0.1, -0.05) is 6.07 Å². The smallest absolute Gasteiger partial charge is 0.291 e. The van der Waals surface area contributed by atoms with Crippen LogP contribution in [0.4, 0.5) is 5.69 Å². The summed E-state index contributed by atoms with van der Waals surface area (Å²) < 4.78 is 29.7. The zero-order valence-electron chi connectivity index (χ0n) is 20.7. The van der Waals surface area contributed by atoms with E-state index in [2.05, 4.69) is 27.9 Å². The highest BCUT2D eigenvalue weighted by molar-refractivity contribution is 14.1. The number of amides is 1. The summed E-state index contributed by atoms with van der Waals surface area (Å²) in [7, 11) is 0. The molecule has 1 heterocycles. The molecule has 3 aromatic carbocycles. The molecule has 0 saturated heterocycles. The molecule has 0 atom stereocenters. The van der Waals surface area contributed by atoms with Crippen molar-refractivity contribution in [2.24, 2.45) is 0 Å². The number of carbonyl (C=O) groups is 1. The minimum Gasteiger partial charge on any atom is -0.490 e. The van der Waals surface area contributed by atoms with Crippen molar-refractivity contribution in [1.82, 2.24) is 0 Å². The van der Waals surface area contributed by atoms with E-state index in [-0.39, 0.29) is 18.3 Å². The van der Waals surface area contributed by atoms with Crippen molar-refractivity contribution in [3.05, 3.63) is 99.5 Å². The molecule has 0 aliphatic rings. The van der Waals surface area contributed by atoms with Crippen molar-refractivity contribution in [2.75, 3.05) is 18.5 Å². The number of carbonyl (C=O) groups excluding carboxylic acids is 1. The molecule has 0 bridgehead atoms. The van der Waals surface area contributed by atoms with Crippen LogP contribution in [-0.4, -0.2) is 19.1 Å². The fourth-order valence-electron chi connectivity index (χ4n) is 3.44. The summed E-state index contributed by atoms with van der Waals surface area (Å²) in [5.74, 6) is 3.27. The van der Waals surface area contributed by atoms with Gasteiger partial charge in [-0.2, -0.15) is 0 Å². The first-order chi connectivity index (χ1) is 18.0. The first kappa shape index (κ1) is 26.4. The number of halogens is 1. The molecule has 0 fully saturated rings. The van der Waals surface area contributed by atoms with Gasteiger partial charge in [-0.25, -0.2) is 0 Å². The Morgan fingerprint density at radius 1 is 0.757 bits per heavy atom. The second-order valence-electron chi connectivity index (χ2n) is 7.92. The van der Waals surface area contributed by atoms with Gasteiger partial charge in [0.1, 0.15) is 30.5 Å². The van der Waals surface area contributed by atoms with Crippen LogP contribution in [0.25, 0.3) is 0 Å². The molecule has 0 aliphatic heterocycles. The fraction of sp³-hybridized carbons (Fsp3) is 0.207. The molecule has 192 valence electrons. The van der Waals surface area contributed by atoms with Gasteiger partial charge in [-0.3, -0.25) is 4.79 Å². The maximum atomic E-state index is 12.6. The number of benzene rings is 3. The highest BCUT2D eigenvalue weighted by Crippen LogP contribution is 2.29. The summed E-state index contributed by atoms with van der Waals surface area (Å²) in [6, 6.07) is 24.0. The lowest BCUT2D eigenvalue weighted by Gasteiger charge is -2.13. The van der Waals surface area contributed by atoms with Crippen LogP contribution in [0.5, 0.6) is 23.0 Å². The predicted octanol–water partition coefficient (Wildman–Crippen LogP) is 7.09. The second-order valence-corrected chi connectivity index (χ2v) is 9.17. The number of rotatable bonds is 12. The summed E-state index contributed by atoms with van der Waals surface area (Å²) >= 11 is 2.24. The highest BCUT2D eigenvalue weighted by Gasteiger charge is 2.12. The van der Waals surface area contributed by atoms with Crippen LogP contribution in [0, 0.1) is 3.57 Å². The zero-order valence-corrected chi connectivity index (χ0v) is 22.8. The fourth-order valence-corrected chi connectivity index (χ4v) is 3.80. The van der Waals surface area contributed by atoms with Crippen molar-refractivity contribution in [1.29, 1.82) is 0 Å². The highest BCUT2D eigenvalue weighted by atomic mass is 127. The minimum absolute atomic E-state index is 0.210. The molecule has 1 N–H and O–H groups in total. The van der Waals surface area contributed by atoms with Crippen LogP contribution in [0.15, 0.2) is 83.3 Å². The van der Waals surface area contributed by atoms with E-state index in [9.17, 15) is 4.79 Å². The van der Waals surface area contributed by atoms with E-state index >= 15 is 0 Å². The van der Waals surface area contributed by atoms with Gasteiger partial charge in [-0.15, -0.1) is 0 Å². The lowest BCUT2D eigenvalue weighted by atomic mass is 10.2. The van der Waals surface area contributed by atoms with Gasteiger partial charge >= 0.3 is 0 Å². The van der Waals surface area contributed by atoms with Gasteiger partial charge in [0.15, 0.2) is 17.3 Å². The number of ether oxygens (including phenoxy) is 4. The largest absolute Gasteiger partial charge is 0.490 e. The molecule has 4 aromatic rings. The van der Waals surface area contributed by atoms with Crippen LogP contribution in [-0.2, 0) is 13.2 Å². The molecule has 37 heavy (non-hydrogen) atoms. The Balaban J connectivity index is 1.28. The third kappa shape index (κ3) is 7.66. The predicted molar refractivity (Wildman–Crippen MR) is 150 cm³/mol. The van der Waals surface area contributed by atoms with E-state index in [4.69, 9.17) is 23.4 Å². The Morgan fingerprint density at radius 3 is 2.11 bits per heavy atom. The van der Waals surface area contributed by atoms with Gasteiger partial charge in [0, 0.05) is 9.26 Å². The maximum absolute atomic E-state index is 12.6. The van der Waals surface area contributed by atoms with Crippen molar-refractivity contribution in [3.63, 3.8) is 0 Å². The number of hydrogen-bond donors (Lipinski definition) is 1. The molecule has 0 aliphatic carbocycles. The van der Waals surface area contributed by atoms with Gasteiger partial charge in [0.2, 0.25) is 0 Å². The Bertz CT molecular complexity index is 1300. The normalized spacial score (nSPS) is 10.6. The van der Waals surface area contributed by atoms with Gasteiger partial charge < -0.3 is 28.7 Å². The molecule has 0 unspecified atom stereocenters. The number of nitrogens with one attached hydrogen (secondary N) is 1. The SMILES string of the molecule is CCOc1ccc(COc2ccc(NC(=O)c3ccc(COc4ccc(I)cc4)o3)cc2)cc1OCC. The average Bonchev–Trinajstić information content (AvgIpc) is 3.39. The van der Waals surface area contributed by atoms with Crippen molar-refractivity contribution in [3.8, 4) is 23.0 Å². The summed E-state index contributed by atoms with van der Waals surface area (Å²) in [6.07, 6.45) is 0. The monoisotopic (exact) mass is 613 g/mol. The summed E-state index contributed by atoms with van der Waals surface area (Å²) in [6.45, 7) is 5.61. The van der Waals surface area contributed by atoms with Crippen LogP contribution < -0.4 is 24.3 Å². The molecule has 0 spiro atoms. The quantitative estimate of drug-likeness (QED) is 0.172. The Hall–Kier alpha value is -3.66. The van der Waals surface area contributed by atoms with Crippen LogP contribution in [0.2, 0.25) is 0 Å². The molecule has 1 aromatic heterocycles. The van der Waals surface area contributed by atoms with E-state index in [0.29, 0.717) is 42.8 Å². The summed E-state index contributed by atoms with van der Waals surface area (Å²) in [5.41, 5.74) is 1.59. The Labute approximate surface area is 229 Å². The molecular weight excluding hydrogens is 585 g/mol. The Kier molecular flexibility index (Phi) is 9.31. The van der Waals surface area contributed by atoms with Gasteiger partial charge in [0.25, 0.3) is 5.91 Å². The molecule has 0 radical (unpaired) electrons. The zero-order chi connectivity index (χ0) is 26.0. The third-order valence-corrected chi connectivity index (χ3v) is 5.92. The van der Waals surface area contributed by atoms with E-state index in [0.717, 1.165) is 20.6 Å². The molecule has 8 heteroatoms. The lowest BCUT2D eigenvalue weighted by molar-refractivity contribution is 0.0992. The number of hydrogen-bond acceptors (Lipinski definition) is 6. The molecule has 7 nitrogen and oxygen atoms in total. The summed E-state index contributed by atoms with van der Waals surface area (Å²) in [4.78, 5) is 12.6. The van der Waals surface area contributed by atoms with E-state index in [1.54, 1.807) is 36.4 Å². The standard InChI is InChI=1S/C29H28INO6/c1-3-33-26-15-5-20(17-28(26)34-4-2)18-35-24-12-8-22(9-13-24)31-29(32)27-16-14-25(37-27)19-36-23-10-6-21(30)7-11-23/h5-17H,3-4,18-19H2,1-2H3,(H,31,32). The third-order valence-electron chi connectivity index (χ3n) is 5.21. The van der Waals surface area contributed by atoms with E-state index < -0.39 is 0 Å². The first-order valence-electron chi connectivity index (χ1n) is 11.9. The van der Waals surface area contributed by atoms with Crippen molar-refractivity contribution < 1.29 is 28.2 Å². The number of anilines is 1. The number of furan rings is 1. The summed E-state index contributed by atoms with van der Waals surface area (Å²) in [5, 5.41) is 2.83. The minimum atomic E-state index is -0.341. The first-order valence-corrected chi connectivity index (χ1v) is 13.0. The second kappa shape index (κ2) is 13.0. The van der Waals surface area contributed by atoms with E-state index in [1.807, 2.05) is 56.3 Å². The van der Waals surface area contributed by atoms with Crippen LogP contribution in [0.3, 0.4) is 0 Å². The van der Waals surface area contributed by atoms with E-state index in [1.165, 1.54) is 0 Å². The van der Waals surface area contributed by atoms with Crippen molar-refractivity contribution in [2.45, 2.75) is 27.1 Å². The maximum Gasteiger partial charge on any atom is 0.291 e. The molecule has 0 saturated carbocycles.